The zero-order valence-electron chi connectivity index (χ0n) is 11.2. The molecule has 3 aromatic heterocycles. The summed E-state index contributed by atoms with van der Waals surface area (Å²) < 4.78 is 8.83. The molecule has 0 saturated heterocycles. The van der Waals surface area contributed by atoms with Gasteiger partial charge in [-0.05, 0) is 38.2 Å². The number of rotatable bonds is 3. The molecule has 0 fully saturated rings. The summed E-state index contributed by atoms with van der Waals surface area (Å²) in [5.74, 6) is 0.685. The lowest BCUT2D eigenvalue weighted by Crippen LogP contribution is -2.24. The van der Waals surface area contributed by atoms with Crippen molar-refractivity contribution >= 4 is 23.3 Å². The summed E-state index contributed by atoms with van der Waals surface area (Å²) in [7, 11) is 0. The first-order chi connectivity index (χ1) is 9.61. The molecule has 1 N–H and O–H groups in total. The second kappa shape index (κ2) is 4.75. The van der Waals surface area contributed by atoms with Gasteiger partial charge in [-0.25, -0.2) is 0 Å². The highest BCUT2D eigenvalue weighted by atomic mass is 32.1. The van der Waals surface area contributed by atoms with Crippen LogP contribution in [-0.2, 0) is 13.1 Å². The summed E-state index contributed by atoms with van der Waals surface area (Å²) in [5.41, 5.74) is 1.88. The molecular formula is C13H14N4O2S. The molecule has 0 unspecified atom stereocenters. The zero-order valence-corrected chi connectivity index (χ0v) is 12.0. The number of fused-ring (bicyclic) bond motifs is 1. The Balaban J connectivity index is 2.28. The van der Waals surface area contributed by atoms with Crippen LogP contribution in [0.15, 0.2) is 27.6 Å². The minimum atomic E-state index is -0.150. The van der Waals surface area contributed by atoms with Gasteiger partial charge in [-0.15, -0.1) is 0 Å². The monoisotopic (exact) mass is 290 g/mol. The largest absolute Gasteiger partial charge is 0.467 e. The lowest BCUT2D eigenvalue weighted by molar-refractivity contribution is 0.487. The first-order valence-corrected chi connectivity index (χ1v) is 6.75. The molecule has 20 heavy (non-hydrogen) atoms. The van der Waals surface area contributed by atoms with E-state index in [9.17, 15) is 4.79 Å². The molecule has 0 amide bonds. The van der Waals surface area contributed by atoms with Crippen LogP contribution in [0.25, 0.3) is 11.0 Å². The van der Waals surface area contributed by atoms with E-state index in [4.69, 9.17) is 16.6 Å². The van der Waals surface area contributed by atoms with E-state index in [1.807, 2.05) is 19.9 Å². The molecule has 3 aromatic rings. The van der Waals surface area contributed by atoms with Gasteiger partial charge in [0.25, 0.3) is 5.56 Å². The maximum atomic E-state index is 12.6. The Hall–Kier alpha value is -2.15. The molecular weight excluding hydrogens is 276 g/mol. The number of nitrogens with zero attached hydrogens (tertiary/aromatic N) is 3. The van der Waals surface area contributed by atoms with Crippen LogP contribution in [0.4, 0.5) is 0 Å². The lowest BCUT2D eigenvalue weighted by atomic mass is 10.3. The number of hydrogen-bond acceptors (Lipinski definition) is 4. The van der Waals surface area contributed by atoms with Crippen molar-refractivity contribution in [2.45, 2.75) is 26.9 Å². The van der Waals surface area contributed by atoms with Crippen LogP contribution in [0.3, 0.4) is 0 Å². The topological polar surface area (TPSA) is 68.8 Å². The summed E-state index contributed by atoms with van der Waals surface area (Å²) in [6.07, 6.45) is 1.58. The number of aryl methyl sites for hydroxylation is 2. The van der Waals surface area contributed by atoms with Gasteiger partial charge < -0.3 is 9.40 Å². The Morgan fingerprint density at radius 2 is 2.30 bits per heavy atom. The van der Waals surface area contributed by atoms with E-state index in [1.54, 1.807) is 17.0 Å². The third-order valence-electron chi connectivity index (χ3n) is 3.25. The molecule has 3 rings (SSSR count). The smallest absolute Gasteiger partial charge is 0.280 e. The third kappa shape index (κ3) is 1.90. The second-order valence-electron chi connectivity index (χ2n) is 4.53. The fourth-order valence-corrected chi connectivity index (χ4v) is 2.52. The highest BCUT2D eigenvalue weighted by Gasteiger charge is 2.14. The standard InChI is InChI=1S/C13H14N4O2S/c1-3-17-11-10(8(2)15-17)14-13(20)16(12(11)18)7-9-5-4-6-19-9/h4-6H,3,7H2,1-2H3,(H,14,20). The highest BCUT2D eigenvalue weighted by Crippen LogP contribution is 2.12. The maximum absolute atomic E-state index is 12.6. The fraction of sp³-hybridized carbons (Fsp3) is 0.308. The van der Waals surface area contributed by atoms with E-state index >= 15 is 0 Å². The van der Waals surface area contributed by atoms with Gasteiger partial charge in [0, 0.05) is 6.54 Å². The van der Waals surface area contributed by atoms with E-state index < -0.39 is 0 Å². The highest BCUT2D eigenvalue weighted by molar-refractivity contribution is 7.71. The quantitative estimate of drug-likeness (QED) is 0.751. The number of H-pyrrole nitrogens is 1. The first-order valence-electron chi connectivity index (χ1n) is 6.34. The summed E-state index contributed by atoms with van der Waals surface area (Å²) in [5, 5.41) is 4.35. The SMILES string of the molecule is CCn1nc(C)c2[nH]c(=S)n(Cc3ccco3)c(=O)c21. The average molecular weight is 290 g/mol. The summed E-state index contributed by atoms with van der Waals surface area (Å²) in [6, 6.07) is 3.60. The van der Waals surface area contributed by atoms with Crippen molar-refractivity contribution < 1.29 is 4.42 Å². The minimum Gasteiger partial charge on any atom is -0.467 e. The average Bonchev–Trinajstić information content (AvgIpc) is 3.03. The molecule has 0 bridgehead atoms. The predicted molar refractivity (Wildman–Crippen MR) is 77.4 cm³/mol. The van der Waals surface area contributed by atoms with Gasteiger partial charge in [0.2, 0.25) is 0 Å². The van der Waals surface area contributed by atoms with Crippen molar-refractivity contribution in [1.29, 1.82) is 0 Å². The number of furan rings is 1. The summed E-state index contributed by atoms with van der Waals surface area (Å²) in [6.45, 7) is 4.75. The molecule has 7 heteroatoms. The van der Waals surface area contributed by atoms with E-state index in [1.165, 1.54) is 4.57 Å². The Morgan fingerprint density at radius 3 is 2.95 bits per heavy atom. The minimum absolute atomic E-state index is 0.150. The second-order valence-corrected chi connectivity index (χ2v) is 4.91. The van der Waals surface area contributed by atoms with Crippen molar-refractivity contribution in [3.05, 3.63) is 45.0 Å². The van der Waals surface area contributed by atoms with Gasteiger partial charge in [0.05, 0.1) is 24.0 Å². The van der Waals surface area contributed by atoms with Gasteiger partial charge in [0.1, 0.15) is 5.76 Å². The molecule has 0 spiro atoms. The van der Waals surface area contributed by atoms with Gasteiger partial charge >= 0.3 is 0 Å². The predicted octanol–water partition coefficient (Wildman–Crippen LogP) is 2.23. The molecule has 0 atom stereocenters. The van der Waals surface area contributed by atoms with Crippen LogP contribution >= 0.6 is 12.2 Å². The normalized spacial score (nSPS) is 11.3. The number of hydrogen-bond donors (Lipinski definition) is 1. The Kier molecular flexibility index (Phi) is 3.06. The zero-order chi connectivity index (χ0) is 14.3. The molecule has 3 heterocycles. The van der Waals surface area contributed by atoms with Crippen LogP contribution < -0.4 is 5.56 Å². The number of nitrogens with one attached hydrogen (secondary N) is 1. The Bertz CT molecular complexity index is 870. The van der Waals surface area contributed by atoms with E-state index in [0.717, 1.165) is 5.69 Å². The lowest BCUT2D eigenvalue weighted by Gasteiger charge is -2.05. The van der Waals surface area contributed by atoms with Crippen LogP contribution in [0.2, 0.25) is 0 Å². The molecule has 0 saturated carbocycles. The number of aromatic nitrogens is 4. The van der Waals surface area contributed by atoms with Crippen molar-refractivity contribution in [3.63, 3.8) is 0 Å². The van der Waals surface area contributed by atoms with Crippen LogP contribution in [0.5, 0.6) is 0 Å². The van der Waals surface area contributed by atoms with Crippen molar-refractivity contribution in [2.24, 2.45) is 0 Å². The van der Waals surface area contributed by atoms with Crippen molar-refractivity contribution in [3.8, 4) is 0 Å². The molecule has 0 aliphatic carbocycles. The van der Waals surface area contributed by atoms with Crippen molar-refractivity contribution in [1.82, 2.24) is 19.3 Å². The Labute approximate surface area is 119 Å². The van der Waals surface area contributed by atoms with Gasteiger partial charge in [-0.1, -0.05) is 0 Å². The maximum Gasteiger partial charge on any atom is 0.280 e. The fourth-order valence-electron chi connectivity index (χ4n) is 2.27. The molecule has 6 nitrogen and oxygen atoms in total. The first kappa shape index (κ1) is 12.9. The summed E-state index contributed by atoms with van der Waals surface area (Å²) in [4.78, 5) is 15.7. The van der Waals surface area contributed by atoms with Gasteiger partial charge in [-0.2, -0.15) is 5.10 Å². The van der Waals surface area contributed by atoms with Crippen LogP contribution in [0, 0.1) is 11.7 Å². The molecule has 104 valence electrons. The van der Waals surface area contributed by atoms with Crippen LogP contribution in [0.1, 0.15) is 18.4 Å². The number of aromatic amines is 1. The van der Waals surface area contributed by atoms with Crippen molar-refractivity contribution in [2.75, 3.05) is 0 Å². The Morgan fingerprint density at radius 1 is 1.50 bits per heavy atom. The van der Waals surface area contributed by atoms with Gasteiger partial charge in [0.15, 0.2) is 10.3 Å². The van der Waals surface area contributed by atoms with E-state index in [-0.39, 0.29) is 5.56 Å². The van der Waals surface area contributed by atoms with E-state index in [0.29, 0.717) is 34.7 Å². The van der Waals surface area contributed by atoms with Gasteiger partial charge in [-0.3, -0.25) is 14.0 Å². The third-order valence-corrected chi connectivity index (χ3v) is 3.57. The summed E-state index contributed by atoms with van der Waals surface area (Å²) >= 11 is 5.27. The molecule has 0 aliphatic rings. The molecule has 0 radical (unpaired) electrons. The molecule has 0 aromatic carbocycles. The molecule has 0 aliphatic heterocycles. The van der Waals surface area contributed by atoms with Crippen LogP contribution in [-0.4, -0.2) is 19.3 Å². The van der Waals surface area contributed by atoms with E-state index in [2.05, 4.69) is 10.1 Å².